The van der Waals surface area contributed by atoms with Crippen LogP contribution in [0.25, 0.3) is 11.1 Å². The van der Waals surface area contributed by atoms with Crippen molar-refractivity contribution < 1.29 is 5.11 Å². The third-order valence-corrected chi connectivity index (χ3v) is 3.00. The van der Waals surface area contributed by atoms with E-state index in [4.69, 9.17) is 0 Å². The number of hydrogen-bond acceptors (Lipinski definition) is 2. The van der Waals surface area contributed by atoms with Crippen molar-refractivity contribution in [2.75, 3.05) is 13.6 Å². The smallest absolute Gasteiger partial charge is 0.0704 e. The van der Waals surface area contributed by atoms with E-state index in [1.165, 1.54) is 16.7 Å². The maximum absolute atomic E-state index is 9.91. The van der Waals surface area contributed by atoms with Gasteiger partial charge in [0.2, 0.25) is 0 Å². The van der Waals surface area contributed by atoms with Gasteiger partial charge in [-0.2, -0.15) is 0 Å². The summed E-state index contributed by atoms with van der Waals surface area (Å²) in [5, 5.41) is 12.9. The summed E-state index contributed by atoms with van der Waals surface area (Å²) in [5.74, 6) is 0. The Hall–Kier alpha value is -1.64. The van der Waals surface area contributed by atoms with Crippen LogP contribution in [0.4, 0.5) is 0 Å². The SMILES string of the molecule is CNC[C@@H](O)Cc1ccccc1-c1ccccc1. The molecule has 0 aliphatic rings. The number of hydrogen-bond donors (Lipinski definition) is 2. The lowest BCUT2D eigenvalue weighted by molar-refractivity contribution is 0.175. The van der Waals surface area contributed by atoms with E-state index in [-0.39, 0.29) is 6.10 Å². The highest BCUT2D eigenvalue weighted by Gasteiger charge is 2.09. The van der Waals surface area contributed by atoms with Gasteiger partial charge >= 0.3 is 0 Å². The van der Waals surface area contributed by atoms with Crippen molar-refractivity contribution >= 4 is 0 Å². The number of likely N-dealkylation sites (N-methyl/N-ethyl adjacent to an activating group) is 1. The molecule has 0 radical (unpaired) electrons. The molecule has 0 spiro atoms. The van der Waals surface area contributed by atoms with Crippen LogP contribution in [0.5, 0.6) is 0 Å². The minimum absolute atomic E-state index is 0.347. The second kappa shape index (κ2) is 6.34. The molecule has 0 amide bonds. The van der Waals surface area contributed by atoms with Crippen molar-refractivity contribution in [2.45, 2.75) is 12.5 Å². The third kappa shape index (κ3) is 3.19. The summed E-state index contributed by atoms with van der Waals surface area (Å²) in [7, 11) is 1.85. The highest BCUT2D eigenvalue weighted by molar-refractivity contribution is 5.67. The molecule has 2 N–H and O–H groups in total. The Bertz CT molecular complexity index is 481. The summed E-state index contributed by atoms with van der Waals surface area (Å²) in [6, 6.07) is 18.5. The molecule has 0 unspecified atom stereocenters. The largest absolute Gasteiger partial charge is 0.391 e. The first-order chi connectivity index (χ1) is 8.81. The molecule has 0 bridgehead atoms. The molecule has 0 aromatic heterocycles. The summed E-state index contributed by atoms with van der Waals surface area (Å²) in [6.45, 7) is 0.614. The van der Waals surface area contributed by atoms with Gasteiger partial charge in [0.25, 0.3) is 0 Å². The molecule has 2 nitrogen and oxygen atoms in total. The van der Waals surface area contributed by atoms with Crippen LogP contribution in [-0.2, 0) is 6.42 Å². The second-order valence-corrected chi connectivity index (χ2v) is 4.44. The monoisotopic (exact) mass is 241 g/mol. The van der Waals surface area contributed by atoms with Crippen LogP contribution in [0.1, 0.15) is 5.56 Å². The van der Waals surface area contributed by atoms with Crippen LogP contribution in [0.15, 0.2) is 54.6 Å². The number of nitrogens with one attached hydrogen (secondary N) is 1. The van der Waals surface area contributed by atoms with Crippen LogP contribution < -0.4 is 5.32 Å². The first-order valence-corrected chi connectivity index (χ1v) is 6.27. The van der Waals surface area contributed by atoms with Crippen LogP contribution in [0.2, 0.25) is 0 Å². The van der Waals surface area contributed by atoms with Crippen LogP contribution >= 0.6 is 0 Å². The Balaban J connectivity index is 2.26. The van der Waals surface area contributed by atoms with Crippen LogP contribution in [0, 0.1) is 0 Å². The van der Waals surface area contributed by atoms with Crippen LogP contribution in [0.3, 0.4) is 0 Å². The Morgan fingerprint density at radius 2 is 1.67 bits per heavy atom. The Morgan fingerprint density at radius 3 is 2.39 bits per heavy atom. The first-order valence-electron chi connectivity index (χ1n) is 6.27. The van der Waals surface area contributed by atoms with E-state index in [9.17, 15) is 5.11 Å². The van der Waals surface area contributed by atoms with Crippen molar-refractivity contribution in [3.63, 3.8) is 0 Å². The van der Waals surface area contributed by atoms with Gasteiger partial charge in [0.1, 0.15) is 0 Å². The van der Waals surface area contributed by atoms with Gasteiger partial charge in [0, 0.05) is 13.0 Å². The molecule has 2 heteroatoms. The van der Waals surface area contributed by atoms with E-state index in [1.54, 1.807) is 0 Å². The number of rotatable bonds is 5. The summed E-state index contributed by atoms with van der Waals surface area (Å²) < 4.78 is 0. The van der Waals surface area contributed by atoms with Crippen molar-refractivity contribution in [1.82, 2.24) is 5.32 Å². The minimum Gasteiger partial charge on any atom is -0.391 e. The molecule has 0 aliphatic carbocycles. The topological polar surface area (TPSA) is 32.3 Å². The third-order valence-electron chi connectivity index (χ3n) is 3.00. The summed E-state index contributed by atoms with van der Waals surface area (Å²) in [6.07, 6.45) is 0.325. The fourth-order valence-corrected chi connectivity index (χ4v) is 2.16. The maximum atomic E-state index is 9.91. The fourth-order valence-electron chi connectivity index (χ4n) is 2.16. The predicted octanol–water partition coefficient (Wildman–Crippen LogP) is 2.48. The van der Waals surface area contributed by atoms with E-state index in [1.807, 2.05) is 37.4 Å². The lowest BCUT2D eigenvalue weighted by Gasteiger charge is -2.14. The van der Waals surface area contributed by atoms with Gasteiger partial charge in [0.05, 0.1) is 6.10 Å². The van der Waals surface area contributed by atoms with Gasteiger partial charge in [0.15, 0.2) is 0 Å². The minimum atomic E-state index is -0.347. The molecule has 0 fully saturated rings. The first kappa shape index (κ1) is 12.8. The highest BCUT2D eigenvalue weighted by Crippen LogP contribution is 2.24. The summed E-state index contributed by atoms with van der Waals surface area (Å²) >= 11 is 0. The molecule has 2 aromatic rings. The Morgan fingerprint density at radius 1 is 1.00 bits per heavy atom. The molecule has 2 rings (SSSR count). The zero-order valence-corrected chi connectivity index (χ0v) is 10.6. The summed E-state index contributed by atoms with van der Waals surface area (Å²) in [5.41, 5.74) is 3.59. The normalized spacial score (nSPS) is 12.3. The van der Waals surface area contributed by atoms with Crippen molar-refractivity contribution in [3.8, 4) is 11.1 Å². The molecular weight excluding hydrogens is 222 g/mol. The Kier molecular flexibility index (Phi) is 4.51. The average molecular weight is 241 g/mol. The molecular formula is C16H19NO. The molecule has 0 heterocycles. The summed E-state index contributed by atoms with van der Waals surface area (Å²) in [4.78, 5) is 0. The van der Waals surface area contributed by atoms with E-state index < -0.39 is 0 Å². The van der Waals surface area contributed by atoms with Gasteiger partial charge < -0.3 is 10.4 Å². The van der Waals surface area contributed by atoms with E-state index >= 15 is 0 Å². The molecule has 2 aromatic carbocycles. The lowest BCUT2D eigenvalue weighted by Crippen LogP contribution is -2.25. The van der Waals surface area contributed by atoms with Gasteiger partial charge in [-0.3, -0.25) is 0 Å². The highest BCUT2D eigenvalue weighted by atomic mass is 16.3. The van der Waals surface area contributed by atoms with E-state index in [2.05, 4.69) is 29.6 Å². The second-order valence-electron chi connectivity index (χ2n) is 4.44. The van der Waals surface area contributed by atoms with Crippen molar-refractivity contribution in [3.05, 3.63) is 60.2 Å². The van der Waals surface area contributed by atoms with Gasteiger partial charge in [-0.05, 0) is 23.7 Å². The van der Waals surface area contributed by atoms with E-state index in [0.29, 0.717) is 13.0 Å². The molecule has 18 heavy (non-hydrogen) atoms. The Labute approximate surface area is 108 Å². The quantitative estimate of drug-likeness (QED) is 0.843. The van der Waals surface area contributed by atoms with Crippen molar-refractivity contribution in [2.24, 2.45) is 0 Å². The lowest BCUT2D eigenvalue weighted by atomic mass is 9.96. The van der Waals surface area contributed by atoms with E-state index in [0.717, 1.165) is 0 Å². The van der Waals surface area contributed by atoms with Gasteiger partial charge in [-0.15, -0.1) is 0 Å². The van der Waals surface area contributed by atoms with Crippen molar-refractivity contribution in [1.29, 1.82) is 0 Å². The zero-order valence-electron chi connectivity index (χ0n) is 10.6. The molecule has 0 saturated carbocycles. The average Bonchev–Trinajstić information content (AvgIpc) is 2.40. The molecule has 1 atom stereocenters. The zero-order chi connectivity index (χ0) is 12.8. The van der Waals surface area contributed by atoms with Gasteiger partial charge in [-0.25, -0.2) is 0 Å². The van der Waals surface area contributed by atoms with Gasteiger partial charge in [-0.1, -0.05) is 54.6 Å². The molecule has 0 aliphatic heterocycles. The number of benzene rings is 2. The van der Waals surface area contributed by atoms with Crippen LogP contribution in [-0.4, -0.2) is 24.8 Å². The molecule has 0 saturated heterocycles. The predicted molar refractivity (Wildman–Crippen MR) is 75.5 cm³/mol. The molecule has 94 valence electrons. The number of aliphatic hydroxyl groups is 1. The fraction of sp³-hybridized carbons (Fsp3) is 0.250. The number of aliphatic hydroxyl groups excluding tert-OH is 1. The maximum Gasteiger partial charge on any atom is 0.0704 e. The standard InChI is InChI=1S/C16H19NO/c1-17-12-15(18)11-14-9-5-6-10-16(14)13-7-3-2-4-8-13/h2-10,15,17-18H,11-12H2,1H3/t15-/m0/s1.